The first-order valence-corrected chi connectivity index (χ1v) is 9.82. The maximum atomic E-state index is 11.2. The van der Waals surface area contributed by atoms with Crippen LogP contribution in [0.2, 0.25) is 0 Å². The summed E-state index contributed by atoms with van der Waals surface area (Å²) in [5, 5.41) is 30.8. The summed E-state index contributed by atoms with van der Waals surface area (Å²) in [6, 6.07) is 8.17. The van der Waals surface area contributed by atoms with E-state index in [0.717, 1.165) is 48.1 Å². The van der Waals surface area contributed by atoms with Crippen LogP contribution in [0.4, 0.5) is 0 Å². The Balaban J connectivity index is 1.62. The zero-order valence-corrected chi connectivity index (χ0v) is 15.2. The topological polar surface area (TPSA) is 77.8 Å². The predicted octanol–water partition coefficient (Wildman–Crippen LogP) is 4.75. The fraction of sp³-hybridized carbons (Fsp3) is 0.435. The summed E-state index contributed by atoms with van der Waals surface area (Å²) in [7, 11) is 0. The standard InChI is InChI=1S/C23H24O4/c24-12-17-6-18(22(27)8-21(17)26)16-1-2-20(25)19(7-16)23-9-13-3-14(10-23)5-15(4-13)11-23/h1-2,6-8,12-15,25-27H,3-5,9-11H2. The van der Waals surface area contributed by atoms with Crippen molar-refractivity contribution in [3.05, 3.63) is 41.5 Å². The molecule has 0 heterocycles. The van der Waals surface area contributed by atoms with Crippen LogP contribution in [0.25, 0.3) is 11.1 Å². The van der Waals surface area contributed by atoms with Gasteiger partial charge < -0.3 is 15.3 Å². The first-order valence-electron chi connectivity index (χ1n) is 9.82. The van der Waals surface area contributed by atoms with Gasteiger partial charge >= 0.3 is 0 Å². The molecule has 2 aromatic carbocycles. The van der Waals surface area contributed by atoms with Crippen LogP contribution in [-0.2, 0) is 5.41 Å². The Morgan fingerprint density at radius 2 is 1.44 bits per heavy atom. The van der Waals surface area contributed by atoms with E-state index in [1.807, 2.05) is 6.07 Å². The van der Waals surface area contributed by atoms with Crippen LogP contribution in [0, 0.1) is 17.8 Å². The predicted molar refractivity (Wildman–Crippen MR) is 102 cm³/mol. The first kappa shape index (κ1) is 16.7. The minimum atomic E-state index is -0.230. The number of carbonyl (C=O) groups is 1. The van der Waals surface area contributed by atoms with Crippen molar-refractivity contribution in [1.82, 2.24) is 0 Å². The van der Waals surface area contributed by atoms with Crippen molar-refractivity contribution in [1.29, 1.82) is 0 Å². The molecule has 0 aromatic heterocycles. The third-order valence-electron chi connectivity index (χ3n) is 7.19. The molecule has 0 spiro atoms. The van der Waals surface area contributed by atoms with E-state index in [-0.39, 0.29) is 22.5 Å². The Kier molecular flexibility index (Phi) is 3.55. The van der Waals surface area contributed by atoms with Crippen LogP contribution >= 0.6 is 0 Å². The number of hydrogen-bond donors (Lipinski definition) is 3. The average molecular weight is 364 g/mol. The van der Waals surface area contributed by atoms with E-state index in [0.29, 0.717) is 17.6 Å². The highest BCUT2D eigenvalue weighted by Crippen LogP contribution is 2.62. The van der Waals surface area contributed by atoms with Gasteiger partial charge in [-0.25, -0.2) is 0 Å². The number of phenols is 3. The number of benzene rings is 2. The van der Waals surface area contributed by atoms with Crippen molar-refractivity contribution in [3.63, 3.8) is 0 Å². The number of hydrogen-bond acceptors (Lipinski definition) is 4. The molecular weight excluding hydrogens is 340 g/mol. The molecule has 0 radical (unpaired) electrons. The second kappa shape index (κ2) is 5.75. The van der Waals surface area contributed by atoms with Crippen LogP contribution in [0.3, 0.4) is 0 Å². The van der Waals surface area contributed by atoms with E-state index in [1.165, 1.54) is 31.4 Å². The van der Waals surface area contributed by atoms with Crippen LogP contribution in [0.1, 0.15) is 54.4 Å². The second-order valence-electron chi connectivity index (χ2n) is 8.98. The Labute approximate surface area is 158 Å². The molecule has 0 atom stereocenters. The van der Waals surface area contributed by atoms with E-state index in [2.05, 4.69) is 0 Å². The molecule has 2 aromatic rings. The van der Waals surface area contributed by atoms with Gasteiger partial charge in [0, 0.05) is 17.2 Å². The van der Waals surface area contributed by atoms with Crippen LogP contribution in [-0.4, -0.2) is 21.6 Å². The molecule has 140 valence electrons. The maximum absolute atomic E-state index is 11.2. The summed E-state index contributed by atoms with van der Waals surface area (Å²) < 4.78 is 0. The average Bonchev–Trinajstić information content (AvgIpc) is 2.61. The van der Waals surface area contributed by atoms with Crippen molar-refractivity contribution < 1.29 is 20.1 Å². The van der Waals surface area contributed by atoms with Crippen molar-refractivity contribution in [3.8, 4) is 28.4 Å². The second-order valence-corrected chi connectivity index (χ2v) is 8.98. The number of phenolic OH excluding ortho intramolecular Hbond substituents is 3. The van der Waals surface area contributed by atoms with Gasteiger partial charge in [-0.3, -0.25) is 4.79 Å². The molecule has 4 aliphatic rings. The lowest BCUT2D eigenvalue weighted by atomic mass is 9.48. The first-order chi connectivity index (χ1) is 13.0. The molecule has 4 nitrogen and oxygen atoms in total. The normalized spacial score (nSPS) is 31.2. The van der Waals surface area contributed by atoms with E-state index < -0.39 is 0 Å². The molecule has 0 aliphatic heterocycles. The third kappa shape index (κ3) is 2.53. The van der Waals surface area contributed by atoms with Crippen molar-refractivity contribution in [2.24, 2.45) is 17.8 Å². The molecule has 27 heavy (non-hydrogen) atoms. The van der Waals surface area contributed by atoms with Gasteiger partial charge in [0.1, 0.15) is 17.2 Å². The van der Waals surface area contributed by atoms with E-state index >= 15 is 0 Å². The lowest BCUT2D eigenvalue weighted by molar-refractivity contribution is -0.00611. The molecule has 6 rings (SSSR count). The highest BCUT2D eigenvalue weighted by atomic mass is 16.3. The molecule has 4 fully saturated rings. The van der Waals surface area contributed by atoms with Crippen LogP contribution < -0.4 is 0 Å². The minimum Gasteiger partial charge on any atom is -0.508 e. The monoisotopic (exact) mass is 364 g/mol. The van der Waals surface area contributed by atoms with Gasteiger partial charge in [0.25, 0.3) is 0 Å². The van der Waals surface area contributed by atoms with Gasteiger partial charge in [0.15, 0.2) is 6.29 Å². The van der Waals surface area contributed by atoms with E-state index in [1.54, 1.807) is 12.1 Å². The molecule has 4 bridgehead atoms. The highest BCUT2D eigenvalue weighted by Gasteiger charge is 2.52. The smallest absolute Gasteiger partial charge is 0.153 e. The van der Waals surface area contributed by atoms with Crippen molar-refractivity contribution in [2.45, 2.75) is 43.9 Å². The molecule has 4 aliphatic carbocycles. The van der Waals surface area contributed by atoms with Gasteiger partial charge in [-0.15, -0.1) is 0 Å². The zero-order chi connectivity index (χ0) is 18.8. The quantitative estimate of drug-likeness (QED) is 0.687. The molecule has 3 N–H and O–H groups in total. The van der Waals surface area contributed by atoms with E-state index in [4.69, 9.17) is 0 Å². The lowest BCUT2D eigenvalue weighted by Crippen LogP contribution is -2.48. The Morgan fingerprint density at radius 3 is 2.04 bits per heavy atom. The Bertz CT molecular complexity index is 895. The maximum Gasteiger partial charge on any atom is 0.153 e. The van der Waals surface area contributed by atoms with Gasteiger partial charge in [-0.2, -0.15) is 0 Å². The molecule has 0 amide bonds. The molecule has 0 saturated heterocycles. The summed E-state index contributed by atoms with van der Waals surface area (Å²) in [5.41, 5.74) is 2.43. The summed E-state index contributed by atoms with van der Waals surface area (Å²) in [5.74, 6) is 2.33. The number of aldehydes is 1. The molecule has 4 saturated carbocycles. The molecular formula is C23H24O4. The lowest BCUT2D eigenvalue weighted by Gasteiger charge is -2.57. The fourth-order valence-electron chi connectivity index (χ4n) is 6.49. The number of rotatable bonds is 3. The Hall–Kier alpha value is -2.49. The minimum absolute atomic E-state index is 0.0366. The SMILES string of the molecule is O=Cc1cc(-c2ccc(O)c(C34CC5CC(CC(C5)C3)C4)c2)c(O)cc1O. The van der Waals surface area contributed by atoms with Crippen LogP contribution in [0.15, 0.2) is 30.3 Å². The van der Waals surface area contributed by atoms with E-state index in [9.17, 15) is 20.1 Å². The third-order valence-corrected chi connectivity index (χ3v) is 7.19. The summed E-state index contributed by atoms with van der Waals surface area (Å²) in [4.78, 5) is 11.2. The van der Waals surface area contributed by atoms with Gasteiger partial charge in [-0.05, 0) is 85.5 Å². The Morgan fingerprint density at radius 1 is 0.815 bits per heavy atom. The van der Waals surface area contributed by atoms with Gasteiger partial charge in [-0.1, -0.05) is 6.07 Å². The summed E-state index contributed by atoms with van der Waals surface area (Å²) in [6.07, 6.45) is 7.99. The zero-order valence-electron chi connectivity index (χ0n) is 15.2. The summed E-state index contributed by atoms with van der Waals surface area (Å²) >= 11 is 0. The number of aromatic hydroxyl groups is 3. The molecule has 4 heteroatoms. The molecule has 0 unspecified atom stereocenters. The number of carbonyl (C=O) groups excluding carboxylic acids is 1. The van der Waals surface area contributed by atoms with Gasteiger partial charge in [0.2, 0.25) is 0 Å². The fourth-order valence-corrected chi connectivity index (χ4v) is 6.49. The van der Waals surface area contributed by atoms with Crippen molar-refractivity contribution >= 4 is 6.29 Å². The van der Waals surface area contributed by atoms with Crippen molar-refractivity contribution in [2.75, 3.05) is 0 Å². The summed E-state index contributed by atoms with van der Waals surface area (Å²) in [6.45, 7) is 0. The van der Waals surface area contributed by atoms with Gasteiger partial charge in [0.05, 0.1) is 5.56 Å². The highest BCUT2D eigenvalue weighted by molar-refractivity contribution is 5.85. The largest absolute Gasteiger partial charge is 0.508 e. The van der Waals surface area contributed by atoms with Crippen LogP contribution in [0.5, 0.6) is 17.2 Å².